The van der Waals surface area contributed by atoms with E-state index in [1.165, 1.54) is 12.1 Å². The highest BCUT2D eigenvalue weighted by Gasteiger charge is 2.18. The summed E-state index contributed by atoms with van der Waals surface area (Å²) in [6.07, 6.45) is 4.51. The van der Waals surface area contributed by atoms with Crippen LogP contribution in [0.15, 0.2) is 21.1 Å². The van der Waals surface area contributed by atoms with Crippen LogP contribution in [-0.4, -0.2) is 33.1 Å². The molecule has 0 aliphatic carbocycles. The number of hydrogen-bond acceptors (Lipinski definition) is 7. The van der Waals surface area contributed by atoms with E-state index in [2.05, 4.69) is 28.9 Å². The van der Waals surface area contributed by atoms with E-state index in [4.69, 9.17) is 8.94 Å². The lowest BCUT2D eigenvalue weighted by Crippen LogP contribution is -2.25. The fourth-order valence-electron chi connectivity index (χ4n) is 2.19. The molecule has 2 heterocycles. The van der Waals surface area contributed by atoms with Crippen LogP contribution in [0.25, 0.3) is 11.6 Å². The van der Waals surface area contributed by atoms with Gasteiger partial charge in [-0.05, 0) is 32.0 Å². The molecule has 0 saturated heterocycles. The lowest BCUT2D eigenvalue weighted by atomic mass is 10.2. The highest BCUT2D eigenvalue weighted by Crippen LogP contribution is 2.23. The van der Waals surface area contributed by atoms with E-state index in [-0.39, 0.29) is 17.5 Å². The molecule has 0 bridgehead atoms. The van der Waals surface area contributed by atoms with E-state index in [0.29, 0.717) is 12.4 Å². The van der Waals surface area contributed by atoms with Crippen LogP contribution in [-0.2, 0) is 6.54 Å². The summed E-state index contributed by atoms with van der Waals surface area (Å²) < 4.78 is 10.3. The van der Waals surface area contributed by atoms with Gasteiger partial charge in [0.05, 0.1) is 12.6 Å². The zero-order valence-corrected chi connectivity index (χ0v) is 13.5. The number of rotatable bonds is 10. The summed E-state index contributed by atoms with van der Waals surface area (Å²) in [5.74, 6) is 0.629. The fourth-order valence-corrected chi connectivity index (χ4v) is 2.19. The van der Waals surface area contributed by atoms with Gasteiger partial charge in [-0.25, -0.2) is 0 Å². The smallest absolute Gasteiger partial charge is 0.397 e. The van der Waals surface area contributed by atoms with Crippen molar-refractivity contribution in [2.24, 2.45) is 0 Å². The predicted molar refractivity (Wildman–Crippen MR) is 83.7 cm³/mol. The molecule has 0 fully saturated rings. The number of aromatic nitrogens is 2. The van der Waals surface area contributed by atoms with Crippen molar-refractivity contribution in [3.63, 3.8) is 0 Å². The molecule has 126 valence electrons. The average molecular weight is 322 g/mol. The second kappa shape index (κ2) is 8.42. The van der Waals surface area contributed by atoms with Crippen molar-refractivity contribution < 1.29 is 13.9 Å². The maximum absolute atomic E-state index is 10.6. The van der Waals surface area contributed by atoms with E-state index < -0.39 is 4.92 Å². The minimum absolute atomic E-state index is 0.235. The van der Waals surface area contributed by atoms with Crippen molar-refractivity contribution in [3.05, 3.63) is 28.1 Å². The van der Waals surface area contributed by atoms with Gasteiger partial charge in [0.2, 0.25) is 11.7 Å². The predicted octanol–water partition coefficient (Wildman–Crippen LogP) is 3.64. The minimum atomic E-state index is -0.596. The van der Waals surface area contributed by atoms with Crippen LogP contribution in [0.2, 0.25) is 0 Å². The first-order valence-electron chi connectivity index (χ1n) is 7.93. The third-order valence-corrected chi connectivity index (χ3v) is 3.47. The van der Waals surface area contributed by atoms with Gasteiger partial charge in [0.1, 0.15) is 4.92 Å². The fraction of sp³-hybridized carbons (Fsp3) is 0.600. The Bertz CT molecular complexity index is 615. The van der Waals surface area contributed by atoms with E-state index in [0.717, 1.165) is 38.8 Å². The Morgan fingerprint density at radius 2 is 1.91 bits per heavy atom. The molecule has 0 aromatic carbocycles. The first-order valence-corrected chi connectivity index (χ1v) is 7.93. The molecule has 23 heavy (non-hydrogen) atoms. The Morgan fingerprint density at radius 3 is 2.48 bits per heavy atom. The Morgan fingerprint density at radius 1 is 1.22 bits per heavy atom. The molecule has 0 unspecified atom stereocenters. The number of nitro groups is 1. The molecule has 0 saturated carbocycles. The summed E-state index contributed by atoms with van der Waals surface area (Å²) in [5, 5.41) is 14.5. The second-order valence-electron chi connectivity index (χ2n) is 5.39. The Labute approximate surface area is 134 Å². The Balaban J connectivity index is 2.02. The molecule has 0 radical (unpaired) electrons. The third-order valence-electron chi connectivity index (χ3n) is 3.47. The van der Waals surface area contributed by atoms with Crippen molar-refractivity contribution in [2.45, 2.75) is 46.1 Å². The molecule has 8 nitrogen and oxygen atoms in total. The van der Waals surface area contributed by atoms with Crippen LogP contribution < -0.4 is 0 Å². The standard InChI is InChI=1S/C15H22N4O4/c1-3-5-9-18(10-6-4-2)11-13-16-15(17-23-13)12-7-8-14(22-12)19(20)21/h7-8H,3-6,9-11H2,1-2H3. The summed E-state index contributed by atoms with van der Waals surface area (Å²) in [7, 11) is 0. The third kappa shape index (κ3) is 4.88. The number of unbranched alkanes of at least 4 members (excludes halogenated alkanes) is 2. The van der Waals surface area contributed by atoms with Crippen LogP contribution in [0.3, 0.4) is 0 Å². The van der Waals surface area contributed by atoms with E-state index in [1.807, 2.05) is 0 Å². The minimum Gasteiger partial charge on any atom is -0.397 e. The summed E-state index contributed by atoms with van der Waals surface area (Å²) in [4.78, 5) is 16.6. The first-order chi connectivity index (χ1) is 11.1. The summed E-state index contributed by atoms with van der Waals surface area (Å²) in [6, 6.07) is 2.75. The van der Waals surface area contributed by atoms with Crippen molar-refractivity contribution in [1.82, 2.24) is 15.0 Å². The number of furan rings is 1. The molecular formula is C15H22N4O4. The van der Waals surface area contributed by atoms with Crippen LogP contribution in [0.5, 0.6) is 0 Å². The van der Waals surface area contributed by atoms with Crippen molar-refractivity contribution >= 4 is 5.88 Å². The summed E-state index contributed by atoms with van der Waals surface area (Å²) in [5.41, 5.74) is 0. The van der Waals surface area contributed by atoms with Crippen LogP contribution >= 0.6 is 0 Å². The van der Waals surface area contributed by atoms with E-state index in [9.17, 15) is 10.1 Å². The van der Waals surface area contributed by atoms with E-state index in [1.54, 1.807) is 0 Å². The molecule has 2 aromatic heterocycles. The average Bonchev–Trinajstić information content (AvgIpc) is 3.18. The van der Waals surface area contributed by atoms with Crippen molar-refractivity contribution in [3.8, 4) is 11.6 Å². The highest BCUT2D eigenvalue weighted by molar-refractivity contribution is 5.47. The molecule has 0 amide bonds. The topological polar surface area (TPSA) is 98.4 Å². The van der Waals surface area contributed by atoms with E-state index >= 15 is 0 Å². The number of hydrogen-bond donors (Lipinski definition) is 0. The quantitative estimate of drug-likeness (QED) is 0.486. The zero-order valence-electron chi connectivity index (χ0n) is 13.5. The summed E-state index contributed by atoms with van der Waals surface area (Å²) >= 11 is 0. The van der Waals surface area contributed by atoms with Crippen LogP contribution in [0.4, 0.5) is 5.88 Å². The summed E-state index contributed by atoms with van der Waals surface area (Å²) in [6.45, 7) is 6.87. The Kier molecular flexibility index (Phi) is 6.28. The van der Waals surface area contributed by atoms with Gasteiger partial charge in [0, 0.05) is 0 Å². The molecular weight excluding hydrogens is 300 g/mol. The van der Waals surface area contributed by atoms with Crippen LogP contribution in [0, 0.1) is 10.1 Å². The van der Waals surface area contributed by atoms with Gasteiger partial charge >= 0.3 is 5.88 Å². The molecule has 0 aliphatic heterocycles. The zero-order chi connectivity index (χ0) is 16.7. The van der Waals surface area contributed by atoms with Crippen LogP contribution in [0.1, 0.15) is 45.4 Å². The van der Waals surface area contributed by atoms with Gasteiger partial charge < -0.3 is 8.94 Å². The van der Waals surface area contributed by atoms with Gasteiger partial charge in [-0.2, -0.15) is 4.98 Å². The van der Waals surface area contributed by atoms with Crippen molar-refractivity contribution in [1.29, 1.82) is 0 Å². The first kappa shape index (κ1) is 17.1. The van der Waals surface area contributed by atoms with Gasteiger partial charge in [-0.1, -0.05) is 31.8 Å². The van der Waals surface area contributed by atoms with Gasteiger partial charge in [0.25, 0.3) is 0 Å². The van der Waals surface area contributed by atoms with Gasteiger partial charge in [0.15, 0.2) is 5.76 Å². The lowest BCUT2D eigenvalue weighted by Gasteiger charge is -2.19. The molecule has 2 rings (SSSR count). The largest absolute Gasteiger partial charge is 0.433 e. The normalized spacial score (nSPS) is 11.3. The number of nitrogens with zero attached hydrogens (tertiary/aromatic N) is 4. The maximum Gasteiger partial charge on any atom is 0.433 e. The molecule has 0 N–H and O–H groups in total. The lowest BCUT2D eigenvalue weighted by molar-refractivity contribution is -0.401. The molecule has 0 atom stereocenters. The Hall–Kier alpha value is -2.22. The highest BCUT2D eigenvalue weighted by atomic mass is 16.6. The monoisotopic (exact) mass is 322 g/mol. The molecule has 2 aromatic rings. The molecule has 0 aliphatic rings. The SMILES string of the molecule is CCCCN(CCCC)Cc1nc(-c2ccc([N+](=O)[O-])o2)no1. The molecule has 0 spiro atoms. The maximum atomic E-state index is 10.6. The second-order valence-corrected chi connectivity index (χ2v) is 5.39. The van der Waals surface area contributed by atoms with Gasteiger partial charge in [-0.3, -0.25) is 15.0 Å². The van der Waals surface area contributed by atoms with Gasteiger partial charge in [-0.15, -0.1) is 0 Å². The van der Waals surface area contributed by atoms with Crippen molar-refractivity contribution in [2.75, 3.05) is 13.1 Å². The molecule has 8 heteroatoms.